The molecule has 2 heterocycles. The van der Waals surface area contributed by atoms with Gasteiger partial charge in [-0.2, -0.15) is 4.98 Å². The van der Waals surface area contributed by atoms with Crippen molar-refractivity contribution < 1.29 is 9.26 Å². The van der Waals surface area contributed by atoms with Crippen LogP contribution in [0.4, 0.5) is 0 Å². The van der Waals surface area contributed by atoms with Crippen LogP contribution in [0.1, 0.15) is 24.4 Å². The number of fused-ring (bicyclic) bond motifs is 1. The van der Waals surface area contributed by atoms with Gasteiger partial charge < -0.3 is 15.0 Å². The molecule has 2 N–H and O–H groups in total. The van der Waals surface area contributed by atoms with Crippen LogP contribution in [0.3, 0.4) is 0 Å². The Kier molecular flexibility index (Phi) is 2.33. The molecule has 3 rings (SSSR count). The SMILES string of the molecule is C[C@H](N)c1nc(-c2ccc3c(c2)CCO3)no1. The van der Waals surface area contributed by atoms with Crippen LogP contribution in [0.2, 0.25) is 0 Å². The molecule has 0 amide bonds. The van der Waals surface area contributed by atoms with Crippen molar-refractivity contribution in [2.24, 2.45) is 5.73 Å². The van der Waals surface area contributed by atoms with Crippen LogP contribution < -0.4 is 10.5 Å². The third-order valence-corrected chi connectivity index (χ3v) is 2.78. The summed E-state index contributed by atoms with van der Waals surface area (Å²) < 4.78 is 10.5. The van der Waals surface area contributed by atoms with E-state index in [9.17, 15) is 0 Å². The lowest BCUT2D eigenvalue weighted by Gasteiger charge is -1.99. The Morgan fingerprint density at radius 2 is 2.29 bits per heavy atom. The lowest BCUT2D eigenvalue weighted by molar-refractivity contribution is 0.357. The first kappa shape index (κ1) is 10.3. The standard InChI is InChI=1S/C12H13N3O2/c1-7(13)12-14-11(15-17-12)9-2-3-10-8(6-9)4-5-16-10/h2-3,6-7H,4-5,13H2,1H3/t7-/m0/s1. The van der Waals surface area contributed by atoms with E-state index in [1.54, 1.807) is 0 Å². The second-order valence-electron chi connectivity index (χ2n) is 4.17. The molecule has 1 atom stereocenters. The van der Waals surface area contributed by atoms with E-state index >= 15 is 0 Å². The molecule has 0 spiro atoms. The minimum absolute atomic E-state index is 0.242. The topological polar surface area (TPSA) is 74.2 Å². The smallest absolute Gasteiger partial charge is 0.243 e. The maximum atomic E-state index is 5.68. The average molecular weight is 231 g/mol. The Morgan fingerprint density at radius 3 is 3.06 bits per heavy atom. The third-order valence-electron chi connectivity index (χ3n) is 2.78. The molecule has 0 radical (unpaired) electrons. The van der Waals surface area contributed by atoms with Crippen LogP contribution in [0.15, 0.2) is 22.7 Å². The van der Waals surface area contributed by atoms with Crippen LogP contribution in [0.25, 0.3) is 11.4 Å². The first-order chi connectivity index (χ1) is 8.24. The number of hydrogen-bond donors (Lipinski definition) is 1. The summed E-state index contributed by atoms with van der Waals surface area (Å²) in [6.07, 6.45) is 0.932. The number of aromatic nitrogens is 2. The Balaban J connectivity index is 1.97. The summed E-state index contributed by atoms with van der Waals surface area (Å²) in [7, 11) is 0. The van der Waals surface area contributed by atoms with Gasteiger partial charge in [0.2, 0.25) is 11.7 Å². The van der Waals surface area contributed by atoms with Crippen LogP contribution in [0, 0.1) is 0 Å². The summed E-state index contributed by atoms with van der Waals surface area (Å²) in [5.74, 6) is 1.98. The van der Waals surface area contributed by atoms with Crippen LogP contribution >= 0.6 is 0 Å². The van der Waals surface area contributed by atoms with Gasteiger partial charge in [-0.15, -0.1) is 0 Å². The number of nitrogens with two attached hydrogens (primary N) is 1. The molecule has 1 aromatic carbocycles. The van der Waals surface area contributed by atoms with Crippen molar-refractivity contribution in [3.05, 3.63) is 29.7 Å². The summed E-state index contributed by atoms with van der Waals surface area (Å²) in [5.41, 5.74) is 7.80. The highest BCUT2D eigenvalue weighted by Crippen LogP contribution is 2.29. The van der Waals surface area contributed by atoms with E-state index in [0.29, 0.717) is 11.7 Å². The zero-order valence-electron chi connectivity index (χ0n) is 9.51. The Labute approximate surface area is 98.6 Å². The van der Waals surface area contributed by atoms with Gasteiger partial charge in [0.05, 0.1) is 12.6 Å². The van der Waals surface area contributed by atoms with Gasteiger partial charge in [0, 0.05) is 12.0 Å². The van der Waals surface area contributed by atoms with E-state index in [0.717, 1.165) is 24.3 Å². The van der Waals surface area contributed by atoms with Crippen molar-refractivity contribution >= 4 is 0 Å². The molecule has 0 saturated heterocycles. The number of benzene rings is 1. The van der Waals surface area contributed by atoms with Crippen LogP contribution in [0.5, 0.6) is 5.75 Å². The average Bonchev–Trinajstić information content (AvgIpc) is 2.97. The van der Waals surface area contributed by atoms with Crippen molar-refractivity contribution in [2.75, 3.05) is 6.61 Å². The Bertz CT molecular complexity index is 548. The van der Waals surface area contributed by atoms with E-state index in [1.165, 1.54) is 5.56 Å². The normalized spacial score (nSPS) is 15.4. The lowest BCUT2D eigenvalue weighted by Crippen LogP contribution is -2.04. The molecular formula is C12H13N3O2. The minimum Gasteiger partial charge on any atom is -0.493 e. The molecule has 0 fully saturated rings. The van der Waals surface area contributed by atoms with E-state index in [4.69, 9.17) is 15.0 Å². The fraction of sp³-hybridized carbons (Fsp3) is 0.333. The summed E-state index contributed by atoms with van der Waals surface area (Å²) in [5, 5.41) is 3.93. The fourth-order valence-electron chi connectivity index (χ4n) is 1.86. The highest BCUT2D eigenvalue weighted by Gasteiger charge is 2.16. The zero-order valence-corrected chi connectivity index (χ0v) is 9.51. The monoisotopic (exact) mass is 231 g/mol. The molecule has 0 saturated carbocycles. The molecule has 1 aliphatic heterocycles. The predicted octanol–water partition coefficient (Wildman–Crippen LogP) is 1.69. The molecule has 5 nitrogen and oxygen atoms in total. The largest absolute Gasteiger partial charge is 0.493 e. The summed E-state index contributed by atoms with van der Waals surface area (Å²) in [6.45, 7) is 2.56. The summed E-state index contributed by atoms with van der Waals surface area (Å²) in [4.78, 5) is 4.26. The predicted molar refractivity (Wildman–Crippen MR) is 61.5 cm³/mol. The highest BCUT2D eigenvalue weighted by atomic mass is 16.5. The van der Waals surface area contributed by atoms with Gasteiger partial charge in [0.25, 0.3) is 0 Å². The second kappa shape index (κ2) is 3.85. The Morgan fingerprint density at radius 1 is 1.41 bits per heavy atom. The Hall–Kier alpha value is -1.88. The number of hydrogen-bond acceptors (Lipinski definition) is 5. The van der Waals surface area contributed by atoms with Gasteiger partial charge in [0.15, 0.2) is 0 Å². The second-order valence-corrected chi connectivity index (χ2v) is 4.17. The third kappa shape index (κ3) is 1.78. The fourth-order valence-corrected chi connectivity index (χ4v) is 1.86. The highest BCUT2D eigenvalue weighted by molar-refractivity contribution is 5.59. The molecule has 2 aromatic rings. The first-order valence-electron chi connectivity index (χ1n) is 5.59. The van der Waals surface area contributed by atoms with Crippen LogP contribution in [-0.4, -0.2) is 16.7 Å². The number of rotatable bonds is 2. The van der Waals surface area contributed by atoms with E-state index < -0.39 is 0 Å². The minimum atomic E-state index is -0.242. The summed E-state index contributed by atoms with van der Waals surface area (Å²) >= 11 is 0. The molecule has 0 bridgehead atoms. The van der Waals surface area contributed by atoms with Gasteiger partial charge in [-0.05, 0) is 30.7 Å². The van der Waals surface area contributed by atoms with E-state index in [-0.39, 0.29) is 6.04 Å². The maximum absolute atomic E-state index is 5.68. The van der Waals surface area contributed by atoms with E-state index in [1.807, 2.05) is 25.1 Å². The number of nitrogens with zero attached hydrogens (tertiary/aromatic N) is 2. The van der Waals surface area contributed by atoms with Gasteiger partial charge in [-0.1, -0.05) is 5.16 Å². The zero-order chi connectivity index (χ0) is 11.8. The molecule has 1 aliphatic rings. The quantitative estimate of drug-likeness (QED) is 0.851. The van der Waals surface area contributed by atoms with Gasteiger partial charge in [0.1, 0.15) is 5.75 Å². The van der Waals surface area contributed by atoms with Crippen molar-refractivity contribution in [3.63, 3.8) is 0 Å². The van der Waals surface area contributed by atoms with Crippen LogP contribution in [-0.2, 0) is 6.42 Å². The molecule has 0 unspecified atom stereocenters. The number of ether oxygens (including phenoxy) is 1. The molecule has 1 aromatic heterocycles. The molecule has 88 valence electrons. The van der Waals surface area contributed by atoms with E-state index in [2.05, 4.69) is 10.1 Å². The lowest BCUT2D eigenvalue weighted by atomic mass is 10.1. The molecular weight excluding hydrogens is 218 g/mol. The van der Waals surface area contributed by atoms with Gasteiger partial charge in [-0.25, -0.2) is 0 Å². The van der Waals surface area contributed by atoms with Crippen molar-refractivity contribution in [1.29, 1.82) is 0 Å². The van der Waals surface area contributed by atoms with Gasteiger partial charge >= 0.3 is 0 Å². The first-order valence-corrected chi connectivity index (χ1v) is 5.59. The van der Waals surface area contributed by atoms with Crippen molar-refractivity contribution in [1.82, 2.24) is 10.1 Å². The molecule has 5 heteroatoms. The van der Waals surface area contributed by atoms with Gasteiger partial charge in [-0.3, -0.25) is 0 Å². The maximum Gasteiger partial charge on any atom is 0.243 e. The molecule has 17 heavy (non-hydrogen) atoms. The summed E-state index contributed by atoms with van der Waals surface area (Å²) in [6, 6.07) is 5.67. The van der Waals surface area contributed by atoms with Crippen molar-refractivity contribution in [3.8, 4) is 17.1 Å². The van der Waals surface area contributed by atoms with Crippen molar-refractivity contribution in [2.45, 2.75) is 19.4 Å². The molecule has 0 aliphatic carbocycles.